The van der Waals surface area contributed by atoms with Gasteiger partial charge in [-0.3, -0.25) is 4.90 Å². The van der Waals surface area contributed by atoms with Crippen molar-refractivity contribution in [2.24, 2.45) is 0 Å². The second-order valence-corrected chi connectivity index (χ2v) is 7.83. The number of aromatic nitrogens is 2. The summed E-state index contributed by atoms with van der Waals surface area (Å²) in [5.41, 5.74) is 0.899. The van der Waals surface area contributed by atoms with Crippen molar-refractivity contribution in [2.45, 2.75) is 20.4 Å². The quantitative estimate of drug-likeness (QED) is 0.663. The molecular weight excluding hydrogens is 379 g/mol. The van der Waals surface area contributed by atoms with Crippen LogP contribution in [0.25, 0.3) is 10.2 Å². The number of benzene rings is 1. The molecule has 0 aliphatic carbocycles. The van der Waals surface area contributed by atoms with Gasteiger partial charge in [0.25, 0.3) is 0 Å². The molecule has 3 aromatic rings. The third kappa shape index (κ3) is 3.56. The first-order valence-electron chi connectivity index (χ1n) is 9.00. The molecule has 144 valence electrons. The Balaban J connectivity index is 1.77. The van der Waals surface area contributed by atoms with E-state index in [1.54, 1.807) is 17.4 Å². The highest BCUT2D eigenvalue weighted by Crippen LogP contribution is 2.37. The van der Waals surface area contributed by atoms with Crippen LogP contribution in [-0.2, 0) is 11.3 Å². The summed E-state index contributed by atoms with van der Waals surface area (Å²) in [6.07, 6.45) is 0. The number of hydrogen-bond donors (Lipinski definition) is 0. The predicted molar refractivity (Wildman–Crippen MR) is 104 cm³/mol. The van der Waals surface area contributed by atoms with Gasteiger partial charge in [0, 0.05) is 18.0 Å². The summed E-state index contributed by atoms with van der Waals surface area (Å²) in [6.45, 7) is 7.62. The van der Waals surface area contributed by atoms with E-state index in [9.17, 15) is 9.65 Å². The Hall–Kier alpha value is -2.60. The van der Waals surface area contributed by atoms with E-state index in [1.165, 1.54) is 12.1 Å². The molecule has 3 heterocycles. The zero-order valence-corrected chi connectivity index (χ0v) is 16.5. The van der Waals surface area contributed by atoms with Gasteiger partial charge >= 0.3 is 0 Å². The van der Waals surface area contributed by atoms with E-state index in [0.717, 1.165) is 33.7 Å². The molecule has 6 nitrogen and oxygen atoms in total. The highest BCUT2D eigenvalue weighted by molar-refractivity contribution is 7.18. The van der Waals surface area contributed by atoms with Crippen LogP contribution >= 0.6 is 11.3 Å². The number of halogens is 1. The van der Waals surface area contributed by atoms with E-state index < -0.39 is 5.82 Å². The summed E-state index contributed by atoms with van der Waals surface area (Å²) < 4.78 is 25.4. The Morgan fingerprint density at radius 2 is 2.07 bits per heavy atom. The molecule has 0 N–H and O–H groups in total. The van der Waals surface area contributed by atoms with E-state index in [2.05, 4.69) is 9.88 Å². The van der Waals surface area contributed by atoms with Gasteiger partial charge in [-0.15, -0.1) is 11.3 Å². The zero-order valence-electron chi connectivity index (χ0n) is 15.7. The van der Waals surface area contributed by atoms with Crippen molar-refractivity contribution in [3.05, 3.63) is 45.8 Å². The molecule has 1 aliphatic rings. The molecule has 1 saturated heterocycles. The molecule has 8 heteroatoms. The van der Waals surface area contributed by atoms with Crippen LogP contribution < -0.4 is 4.74 Å². The van der Waals surface area contributed by atoms with Crippen LogP contribution in [0.4, 0.5) is 4.39 Å². The SMILES string of the molecule is Cc1sc2nc(CN3CCOCC3)nc(Oc3cccc(F)c3C#N)c2c1C. The first-order valence-corrected chi connectivity index (χ1v) is 9.81. The number of nitrogens with zero attached hydrogens (tertiary/aromatic N) is 4. The van der Waals surface area contributed by atoms with Crippen molar-refractivity contribution in [2.75, 3.05) is 26.3 Å². The van der Waals surface area contributed by atoms with Crippen LogP contribution in [0.3, 0.4) is 0 Å². The van der Waals surface area contributed by atoms with Crippen LogP contribution in [0.15, 0.2) is 18.2 Å². The number of rotatable bonds is 4. The Bertz CT molecular complexity index is 1070. The molecule has 0 amide bonds. The lowest BCUT2D eigenvalue weighted by Crippen LogP contribution is -2.36. The van der Waals surface area contributed by atoms with Gasteiger partial charge in [0.05, 0.1) is 25.1 Å². The zero-order chi connectivity index (χ0) is 19.7. The molecule has 0 saturated carbocycles. The lowest BCUT2D eigenvalue weighted by molar-refractivity contribution is 0.0330. The van der Waals surface area contributed by atoms with Gasteiger partial charge in [0.15, 0.2) is 0 Å². The lowest BCUT2D eigenvalue weighted by atomic mass is 10.2. The van der Waals surface area contributed by atoms with Crippen LogP contribution in [0.1, 0.15) is 21.8 Å². The van der Waals surface area contributed by atoms with E-state index in [0.29, 0.717) is 31.5 Å². The maximum atomic E-state index is 14.0. The molecule has 0 bridgehead atoms. The summed E-state index contributed by atoms with van der Waals surface area (Å²) in [6, 6.07) is 6.20. The van der Waals surface area contributed by atoms with Gasteiger partial charge in [0.1, 0.15) is 33.9 Å². The summed E-state index contributed by atoms with van der Waals surface area (Å²) in [5.74, 6) is 0.540. The Morgan fingerprint density at radius 3 is 2.82 bits per heavy atom. The maximum Gasteiger partial charge on any atom is 0.231 e. The van der Waals surface area contributed by atoms with Crippen LogP contribution in [0, 0.1) is 31.0 Å². The van der Waals surface area contributed by atoms with Gasteiger partial charge in [-0.1, -0.05) is 6.07 Å². The minimum Gasteiger partial charge on any atom is -0.437 e. The second-order valence-electron chi connectivity index (χ2n) is 6.62. The second kappa shape index (κ2) is 7.80. The minimum atomic E-state index is -0.614. The normalized spacial score (nSPS) is 14.9. The highest BCUT2D eigenvalue weighted by Gasteiger charge is 2.20. The average molecular weight is 398 g/mol. The van der Waals surface area contributed by atoms with Crippen LogP contribution in [0.2, 0.25) is 0 Å². The molecule has 1 aliphatic heterocycles. The molecule has 1 aromatic carbocycles. The van der Waals surface area contributed by atoms with E-state index in [4.69, 9.17) is 14.5 Å². The number of thiophene rings is 1. The molecule has 0 atom stereocenters. The van der Waals surface area contributed by atoms with Crippen LogP contribution in [0.5, 0.6) is 11.6 Å². The molecule has 28 heavy (non-hydrogen) atoms. The number of hydrogen-bond acceptors (Lipinski definition) is 7. The van der Waals surface area contributed by atoms with Crippen molar-refractivity contribution in [3.63, 3.8) is 0 Å². The number of aryl methyl sites for hydroxylation is 2. The number of morpholine rings is 1. The lowest BCUT2D eigenvalue weighted by Gasteiger charge is -2.25. The van der Waals surface area contributed by atoms with E-state index >= 15 is 0 Å². The summed E-state index contributed by atoms with van der Waals surface area (Å²) >= 11 is 1.58. The third-order valence-electron chi connectivity index (χ3n) is 4.80. The fourth-order valence-electron chi connectivity index (χ4n) is 3.16. The molecule has 1 fully saturated rings. The van der Waals surface area contributed by atoms with Gasteiger partial charge in [-0.05, 0) is 31.5 Å². The summed E-state index contributed by atoms with van der Waals surface area (Å²) in [7, 11) is 0. The van der Waals surface area contributed by atoms with Gasteiger partial charge in [-0.2, -0.15) is 10.2 Å². The molecule has 0 spiro atoms. The van der Waals surface area contributed by atoms with Gasteiger partial charge in [0.2, 0.25) is 5.88 Å². The van der Waals surface area contributed by atoms with Crippen LogP contribution in [-0.4, -0.2) is 41.2 Å². The van der Waals surface area contributed by atoms with E-state index in [1.807, 2.05) is 19.9 Å². The predicted octanol–water partition coefficient (Wildman–Crippen LogP) is 3.94. The van der Waals surface area contributed by atoms with E-state index in [-0.39, 0.29) is 11.3 Å². The maximum absolute atomic E-state index is 14.0. The van der Waals surface area contributed by atoms with Gasteiger partial charge in [-0.25, -0.2) is 9.37 Å². The fourth-order valence-corrected chi connectivity index (χ4v) is 4.20. The number of nitriles is 1. The molecule has 4 rings (SSSR count). The number of ether oxygens (including phenoxy) is 2. The fraction of sp³-hybridized carbons (Fsp3) is 0.350. The molecule has 0 radical (unpaired) electrons. The first kappa shape index (κ1) is 18.7. The summed E-state index contributed by atoms with van der Waals surface area (Å²) in [5, 5.41) is 10.1. The van der Waals surface area contributed by atoms with Crippen molar-refractivity contribution < 1.29 is 13.9 Å². The van der Waals surface area contributed by atoms with Crippen molar-refractivity contribution in [1.82, 2.24) is 14.9 Å². The van der Waals surface area contributed by atoms with Crippen molar-refractivity contribution in [1.29, 1.82) is 5.26 Å². The Labute approximate surface area is 166 Å². The standard InChI is InChI=1S/C20H19FN4O2S/c1-12-13(2)28-20-18(12)19(27-16-5-3-4-15(21)14(16)10-22)23-17(24-20)11-25-6-8-26-9-7-25/h3-5H,6-9,11H2,1-2H3. The highest BCUT2D eigenvalue weighted by atomic mass is 32.1. The largest absolute Gasteiger partial charge is 0.437 e. The molecular formula is C20H19FN4O2S. The monoisotopic (exact) mass is 398 g/mol. The minimum absolute atomic E-state index is 0.131. The summed E-state index contributed by atoms with van der Waals surface area (Å²) in [4.78, 5) is 13.5. The third-order valence-corrected chi connectivity index (χ3v) is 5.91. The average Bonchev–Trinajstić information content (AvgIpc) is 2.97. The molecule has 2 aromatic heterocycles. The first-order chi connectivity index (χ1) is 13.6. The Kier molecular flexibility index (Phi) is 5.22. The van der Waals surface area contributed by atoms with Crippen molar-refractivity contribution >= 4 is 21.6 Å². The smallest absolute Gasteiger partial charge is 0.231 e. The van der Waals surface area contributed by atoms with Gasteiger partial charge < -0.3 is 9.47 Å². The molecule has 0 unspecified atom stereocenters. The number of fused-ring (bicyclic) bond motifs is 1. The Morgan fingerprint density at radius 1 is 1.29 bits per heavy atom. The topological polar surface area (TPSA) is 71.3 Å². The van der Waals surface area contributed by atoms with Crippen molar-refractivity contribution in [3.8, 4) is 17.7 Å².